The number of amides is 3. The van der Waals surface area contributed by atoms with E-state index in [1.165, 1.54) is 0 Å². The summed E-state index contributed by atoms with van der Waals surface area (Å²) in [5, 5.41) is 7.88. The molecule has 0 bridgehead atoms. The number of hydrogen-bond donors (Lipinski definition) is 3. The summed E-state index contributed by atoms with van der Waals surface area (Å²) in [6.07, 6.45) is 0. The summed E-state index contributed by atoms with van der Waals surface area (Å²) >= 11 is 0. The monoisotopic (exact) mass is 327 g/mol. The van der Waals surface area contributed by atoms with Crippen LogP contribution in [0.2, 0.25) is 0 Å². The van der Waals surface area contributed by atoms with Crippen molar-refractivity contribution in [1.82, 2.24) is 10.6 Å². The van der Waals surface area contributed by atoms with Crippen molar-refractivity contribution < 1.29 is 14.3 Å². The van der Waals surface area contributed by atoms with Crippen molar-refractivity contribution in [2.75, 3.05) is 19.0 Å². The Labute approximate surface area is 141 Å². The molecule has 0 aliphatic rings. The summed E-state index contributed by atoms with van der Waals surface area (Å²) in [4.78, 5) is 23.6. The molecule has 6 nitrogen and oxygen atoms in total. The summed E-state index contributed by atoms with van der Waals surface area (Å²) < 4.78 is 5.23. The molecule has 0 atom stereocenters. The minimum atomic E-state index is -0.526. The lowest BCUT2D eigenvalue weighted by molar-refractivity contribution is -0.118. The molecule has 0 radical (unpaired) electrons. The van der Waals surface area contributed by atoms with Crippen molar-refractivity contribution >= 4 is 17.6 Å². The number of rotatable bonds is 6. The second-order valence-corrected chi connectivity index (χ2v) is 5.27. The van der Waals surface area contributed by atoms with Gasteiger partial charge in [0.1, 0.15) is 5.75 Å². The summed E-state index contributed by atoms with van der Waals surface area (Å²) in [5.74, 6) is 0.214. The average Bonchev–Trinajstić information content (AvgIpc) is 2.59. The van der Waals surface area contributed by atoms with Crippen LogP contribution in [0.3, 0.4) is 0 Å². The predicted molar refractivity (Wildman–Crippen MR) is 93.0 cm³/mol. The number of methoxy groups -OCH3 is 1. The van der Waals surface area contributed by atoms with E-state index in [0.29, 0.717) is 18.0 Å². The summed E-state index contributed by atoms with van der Waals surface area (Å²) in [6, 6.07) is 14.6. The van der Waals surface area contributed by atoms with Gasteiger partial charge in [-0.3, -0.25) is 10.1 Å². The Morgan fingerprint density at radius 1 is 1.08 bits per heavy atom. The molecule has 3 amide bonds. The number of urea groups is 1. The number of hydrogen-bond acceptors (Lipinski definition) is 4. The van der Waals surface area contributed by atoms with Gasteiger partial charge in [-0.15, -0.1) is 0 Å². The van der Waals surface area contributed by atoms with Crippen molar-refractivity contribution in [3.63, 3.8) is 0 Å². The first-order valence-corrected chi connectivity index (χ1v) is 7.58. The highest BCUT2D eigenvalue weighted by molar-refractivity contribution is 5.96. The highest BCUT2D eigenvalue weighted by Gasteiger charge is 2.09. The smallest absolute Gasteiger partial charge is 0.321 e. The summed E-state index contributed by atoms with van der Waals surface area (Å²) in [6.45, 7) is 2.28. The van der Waals surface area contributed by atoms with Crippen molar-refractivity contribution in [3.8, 4) is 5.75 Å². The maximum atomic E-state index is 11.8. The van der Waals surface area contributed by atoms with Gasteiger partial charge < -0.3 is 15.4 Å². The first-order chi connectivity index (χ1) is 11.6. The molecule has 0 aliphatic carbocycles. The Morgan fingerprint density at radius 3 is 2.54 bits per heavy atom. The van der Waals surface area contributed by atoms with Crippen LogP contribution in [0.25, 0.3) is 0 Å². The minimum absolute atomic E-state index is 0.0292. The van der Waals surface area contributed by atoms with Crippen molar-refractivity contribution in [2.45, 2.75) is 13.5 Å². The Balaban J connectivity index is 1.79. The molecule has 0 aliphatic heterocycles. The van der Waals surface area contributed by atoms with Crippen LogP contribution >= 0.6 is 0 Å². The van der Waals surface area contributed by atoms with E-state index in [1.54, 1.807) is 7.11 Å². The third-order valence-electron chi connectivity index (χ3n) is 3.34. The molecule has 2 aromatic rings. The van der Waals surface area contributed by atoms with Gasteiger partial charge in [0.15, 0.2) is 0 Å². The Kier molecular flexibility index (Phi) is 6.19. The van der Waals surface area contributed by atoms with E-state index in [0.717, 1.165) is 11.1 Å². The van der Waals surface area contributed by atoms with Crippen LogP contribution in [0.5, 0.6) is 5.75 Å². The number of anilines is 1. The average molecular weight is 327 g/mol. The van der Waals surface area contributed by atoms with Gasteiger partial charge in [0.05, 0.1) is 19.3 Å². The second-order valence-electron chi connectivity index (χ2n) is 5.27. The predicted octanol–water partition coefficient (Wildman–Crippen LogP) is 2.44. The largest absolute Gasteiger partial charge is 0.495 e. The lowest BCUT2D eigenvalue weighted by Crippen LogP contribution is -2.41. The van der Waals surface area contributed by atoms with Gasteiger partial charge in [-0.25, -0.2) is 4.79 Å². The van der Waals surface area contributed by atoms with Crippen LogP contribution in [0.15, 0.2) is 48.5 Å². The van der Waals surface area contributed by atoms with E-state index in [-0.39, 0.29) is 6.54 Å². The third-order valence-corrected chi connectivity index (χ3v) is 3.34. The summed E-state index contributed by atoms with van der Waals surface area (Å²) in [7, 11) is 1.56. The SMILES string of the molecule is COc1ccc(C)cc1NCC(=O)NC(=O)NCc1ccccc1. The van der Waals surface area contributed by atoms with Gasteiger partial charge >= 0.3 is 6.03 Å². The fourth-order valence-corrected chi connectivity index (χ4v) is 2.13. The molecule has 2 aromatic carbocycles. The molecule has 2 rings (SSSR count). The van der Waals surface area contributed by atoms with Gasteiger partial charge in [0, 0.05) is 6.54 Å². The van der Waals surface area contributed by atoms with Crippen LogP contribution in [-0.2, 0) is 11.3 Å². The molecule has 0 heterocycles. The highest BCUT2D eigenvalue weighted by atomic mass is 16.5. The molecule has 24 heavy (non-hydrogen) atoms. The second kappa shape index (κ2) is 8.57. The molecule has 0 saturated heterocycles. The molecule has 0 fully saturated rings. The van der Waals surface area contributed by atoms with Crippen LogP contribution in [0, 0.1) is 6.92 Å². The standard InChI is InChI=1S/C18H21N3O3/c1-13-8-9-16(24-2)15(10-13)19-12-17(22)21-18(23)20-11-14-6-4-3-5-7-14/h3-10,19H,11-12H2,1-2H3,(H2,20,21,22,23). The van der Waals surface area contributed by atoms with E-state index in [4.69, 9.17) is 4.74 Å². The number of carbonyl (C=O) groups excluding carboxylic acids is 2. The molecular formula is C18H21N3O3. The number of carbonyl (C=O) groups is 2. The summed E-state index contributed by atoms with van der Waals surface area (Å²) in [5.41, 5.74) is 2.71. The van der Waals surface area contributed by atoms with E-state index < -0.39 is 11.9 Å². The first kappa shape index (κ1) is 17.3. The quantitative estimate of drug-likeness (QED) is 0.761. The van der Waals surface area contributed by atoms with Crippen LogP contribution in [0.1, 0.15) is 11.1 Å². The fourth-order valence-electron chi connectivity index (χ4n) is 2.13. The van der Waals surface area contributed by atoms with Crippen LogP contribution < -0.4 is 20.7 Å². The molecule has 3 N–H and O–H groups in total. The zero-order valence-corrected chi connectivity index (χ0v) is 13.8. The zero-order chi connectivity index (χ0) is 17.4. The van der Waals surface area contributed by atoms with Crippen molar-refractivity contribution in [1.29, 1.82) is 0 Å². The van der Waals surface area contributed by atoms with Gasteiger partial charge in [-0.05, 0) is 30.2 Å². The Bertz CT molecular complexity index is 702. The number of imide groups is 1. The fraction of sp³-hybridized carbons (Fsp3) is 0.222. The minimum Gasteiger partial charge on any atom is -0.495 e. The lowest BCUT2D eigenvalue weighted by atomic mass is 10.2. The maximum Gasteiger partial charge on any atom is 0.321 e. The lowest BCUT2D eigenvalue weighted by Gasteiger charge is -2.12. The molecule has 0 saturated carbocycles. The Morgan fingerprint density at radius 2 is 1.83 bits per heavy atom. The topological polar surface area (TPSA) is 79.5 Å². The molecular weight excluding hydrogens is 306 g/mol. The molecule has 6 heteroatoms. The normalized spacial score (nSPS) is 9.92. The third kappa shape index (κ3) is 5.31. The van der Waals surface area contributed by atoms with Gasteiger partial charge in [0.2, 0.25) is 5.91 Å². The van der Waals surface area contributed by atoms with E-state index in [9.17, 15) is 9.59 Å². The van der Waals surface area contributed by atoms with Crippen LogP contribution in [0.4, 0.5) is 10.5 Å². The van der Waals surface area contributed by atoms with Crippen molar-refractivity contribution in [3.05, 3.63) is 59.7 Å². The van der Waals surface area contributed by atoms with Crippen LogP contribution in [-0.4, -0.2) is 25.6 Å². The zero-order valence-electron chi connectivity index (χ0n) is 13.8. The van der Waals surface area contributed by atoms with Gasteiger partial charge in [0.25, 0.3) is 0 Å². The van der Waals surface area contributed by atoms with Gasteiger partial charge in [-0.1, -0.05) is 36.4 Å². The van der Waals surface area contributed by atoms with Gasteiger partial charge in [-0.2, -0.15) is 0 Å². The molecule has 0 aromatic heterocycles. The number of benzene rings is 2. The van der Waals surface area contributed by atoms with Crippen molar-refractivity contribution in [2.24, 2.45) is 0 Å². The first-order valence-electron chi connectivity index (χ1n) is 7.58. The molecule has 0 spiro atoms. The van der Waals surface area contributed by atoms with E-state index in [2.05, 4.69) is 16.0 Å². The molecule has 126 valence electrons. The maximum absolute atomic E-state index is 11.8. The van der Waals surface area contributed by atoms with E-state index in [1.807, 2.05) is 55.5 Å². The Hall–Kier alpha value is -3.02. The number of ether oxygens (including phenoxy) is 1. The van der Waals surface area contributed by atoms with E-state index >= 15 is 0 Å². The molecule has 0 unspecified atom stereocenters. The number of aryl methyl sites for hydroxylation is 1. The highest BCUT2D eigenvalue weighted by Crippen LogP contribution is 2.24. The number of nitrogens with one attached hydrogen (secondary N) is 3.